The SMILES string of the molecule is CCNC(=O)C(CN=O)N=O. The Bertz CT molecular complexity index is 159. The van der Waals surface area contributed by atoms with Gasteiger partial charge in [-0.05, 0) is 6.92 Å². The van der Waals surface area contributed by atoms with Crippen LogP contribution in [-0.2, 0) is 4.79 Å². The van der Waals surface area contributed by atoms with Gasteiger partial charge >= 0.3 is 0 Å². The van der Waals surface area contributed by atoms with Gasteiger partial charge in [-0.1, -0.05) is 10.4 Å². The Morgan fingerprint density at radius 1 is 1.55 bits per heavy atom. The summed E-state index contributed by atoms with van der Waals surface area (Å²) >= 11 is 0. The van der Waals surface area contributed by atoms with Gasteiger partial charge in [0.1, 0.15) is 6.54 Å². The van der Waals surface area contributed by atoms with Gasteiger partial charge in [0.25, 0.3) is 5.91 Å². The Morgan fingerprint density at radius 2 is 2.18 bits per heavy atom. The van der Waals surface area contributed by atoms with Gasteiger partial charge in [-0.25, -0.2) is 0 Å². The van der Waals surface area contributed by atoms with E-state index < -0.39 is 18.5 Å². The number of carbonyl (C=O) groups excluding carboxylic acids is 1. The van der Waals surface area contributed by atoms with Gasteiger partial charge in [-0.2, -0.15) is 4.91 Å². The van der Waals surface area contributed by atoms with Crippen molar-refractivity contribution < 1.29 is 4.79 Å². The first kappa shape index (κ1) is 9.67. The Hall–Kier alpha value is -1.33. The van der Waals surface area contributed by atoms with Crippen LogP contribution in [0.3, 0.4) is 0 Å². The third-order valence-electron chi connectivity index (χ3n) is 1.03. The van der Waals surface area contributed by atoms with Crippen LogP contribution in [-0.4, -0.2) is 25.0 Å². The smallest absolute Gasteiger partial charge is 0.250 e. The first-order valence-corrected chi connectivity index (χ1v) is 3.15. The summed E-state index contributed by atoms with van der Waals surface area (Å²) < 4.78 is 0. The van der Waals surface area contributed by atoms with Crippen molar-refractivity contribution >= 4 is 5.91 Å². The van der Waals surface area contributed by atoms with Crippen molar-refractivity contribution in [3.8, 4) is 0 Å². The molecule has 0 rings (SSSR count). The molecule has 6 heteroatoms. The number of nitrogens with zero attached hydrogens (tertiary/aromatic N) is 2. The second-order valence-corrected chi connectivity index (χ2v) is 1.83. The highest BCUT2D eigenvalue weighted by atomic mass is 16.3. The third kappa shape index (κ3) is 3.39. The minimum absolute atomic E-state index is 0.394. The molecule has 1 amide bonds. The summed E-state index contributed by atoms with van der Waals surface area (Å²) in [4.78, 5) is 30.3. The minimum Gasteiger partial charge on any atom is -0.354 e. The average molecular weight is 159 g/mol. The van der Waals surface area contributed by atoms with E-state index >= 15 is 0 Å². The molecule has 6 nitrogen and oxygen atoms in total. The number of rotatable bonds is 5. The lowest BCUT2D eigenvalue weighted by molar-refractivity contribution is -0.121. The monoisotopic (exact) mass is 159 g/mol. The standard InChI is InChI=1S/C5H9N3O3/c1-2-6-5(9)4(8-11)3-7-10/h4H,2-3H2,1H3,(H,6,9). The number of nitrogens with one attached hydrogen (secondary N) is 1. The summed E-state index contributed by atoms with van der Waals surface area (Å²) in [6, 6.07) is -1.17. The Kier molecular flexibility index (Phi) is 4.80. The lowest BCUT2D eigenvalue weighted by Gasteiger charge is -2.03. The van der Waals surface area contributed by atoms with Crippen LogP contribution in [0.2, 0.25) is 0 Å². The number of hydrogen-bond donors (Lipinski definition) is 1. The summed E-state index contributed by atoms with van der Waals surface area (Å²) in [5, 5.41) is 7.20. The van der Waals surface area contributed by atoms with Gasteiger partial charge in [-0.3, -0.25) is 4.79 Å². The summed E-state index contributed by atoms with van der Waals surface area (Å²) in [5.74, 6) is -0.554. The molecule has 0 aromatic carbocycles. The highest BCUT2D eigenvalue weighted by molar-refractivity contribution is 5.82. The molecule has 0 fully saturated rings. The highest BCUT2D eigenvalue weighted by Gasteiger charge is 2.17. The first-order chi connectivity index (χ1) is 5.26. The van der Waals surface area contributed by atoms with Gasteiger partial charge in [0.05, 0.1) is 0 Å². The second kappa shape index (κ2) is 5.45. The molecule has 0 aliphatic heterocycles. The van der Waals surface area contributed by atoms with Gasteiger partial charge in [0.15, 0.2) is 6.04 Å². The van der Waals surface area contributed by atoms with Crippen LogP contribution in [0.25, 0.3) is 0 Å². The van der Waals surface area contributed by atoms with E-state index in [1.807, 2.05) is 0 Å². The molecule has 0 spiro atoms. The summed E-state index contributed by atoms with van der Waals surface area (Å²) in [7, 11) is 0. The van der Waals surface area contributed by atoms with Gasteiger partial charge in [0, 0.05) is 6.54 Å². The minimum atomic E-state index is -1.17. The number of hydrogen-bond acceptors (Lipinski definition) is 5. The first-order valence-electron chi connectivity index (χ1n) is 3.15. The lowest BCUT2D eigenvalue weighted by atomic mass is 10.3. The molecule has 1 atom stereocenters. The van der Waals surface area contributed by atoms with E-state index in [2.05, 4.69) is 15.7 Å². The molecular weight excluding hydrogens is 150 g/mol. The van der Waals surface area contributed by atoms with Crippen LogP contribution in [0.4, 0.5) is 0 Å². The zero-order chi connectivity index (χ0) is 8.69. The maximum absolute atomic E-state index is 10.8. The van der Waals surface area contributed by atoms with Crippen LogP contribution in [0.1, 0.15) is 6.92 Å². The van der Waals surface area contributed by atoms with Crippen molar-refractivity contribution in [3.05, 3.63) is 9.81 Å². The molecule has 0 heterocycles. The van der Waals surface area contributed by atoms with Crippen LogP contribution in [0.5, 0.6) is 0 Å². The molecular formula is C5H9N3O3. The fourth-order valence-electron chi connectivity index (χ4n) is 0.527. The van der Waals surface area contributed by atoms with E-state index in [1.54, 1.807) is 6.92 Å². The Labute approximate surface area is 63.3 Å². The van der Waals surface area contributed by atoms with Crippen molar-refractivity contribution in [1.82, 2.24) is 5.32 Å². The molecule has 0 aliphatic rings. The fraction of sp³-hybridized carbons (Fsp3) is 0.800. The van der Waals surface area contributed by atoms with E-state index in [-0.39, 0.29) is 0 Å². The van der Waals surface area contributed by atoms with Crippen LogP contribution in [0.15, 0.2) is 10.4 Å². The van der Waals surface area contributed by atoms with Gasteiger partial charge in [0.2, 0.25) is 0 Å². The largest absolute Gasteiger partial charge is 0.354 e. The van der Waals surface area contributed by atoms with Crippen molar-refractivity contribution in [2.75, 3.05) is 13.1 Å². The number of amides is 1. The lowest BCUT2D eigenvalue weighted by Crippen LogP contribution is -2.34. The maximum atomic E-state index is 10.8. The topological polar surface area (TPSA) is 88.0 Å². The summed E-state index contributed by atoms with van der Waals surface area (Å²) in [6.45, 7) is 1.72. The molecule has 11 heavy (non-hydrogen) atoms. The molecule has 0 radical (unpaired) electrons. The molecule has 0 aromatic heterocycles. The highest BCUT2D eigenvalue weighted by Crippen LogP contribution is 1.90. The van der Waals surface area contributed by atoms with Crippen molar-refractivity contribution in [2.45, 2.75) is 13.0 Å². The van der Waals surface area contributed by atoms with Crippen LogP contribution in [0, 0.1) is 9.81 Å². The predicted molar refractivity (Wildman–Crippen MR) is 38.9 cm³/mol. The molecule has 0 saturated carbocycles. The van der Waals surface area contributed by atoms with Crippen LogP contribution < -0.4 is 5.32 Å². The predicted octanol–water partition coefficient (Wildman–Crippen LogP) is 0.0239. The number of carbonyl (C=O) groups is 1. The average Bonchev–Trinajstić information content (AvgIpc) is 2.00. The van der Waals surface area contributed by atoms with E-state index in [0.29, 0.717) is 6.54 Å². The summed E-state index contributed by atoms with van der Waals surface area (Å²) in [6.07, 6.45) is 0. The fourth-order valence-corrected chi connectivity index (χ4v) is 0.527. The molecule has 0 bridgehead atoms. The molecule has 1 unspecified atom stereocenters. The van der Waals surface area contributed by atoms with Crippen molar-refractivity contribution in [3.63, 3.8) is 0 Å². The van der Waals surface area contributed by atoms with E-state index in [4.69, 9.17) is 0 Å². The number of nitroso groups, excluding NO2 is 2. The van der Waals surface area contributed by atoms with Crippen LogP contribution >= 0.6 is 0 Å². The second-order valence-electron chi connectivity index (χ2n) is 1.83. The molecule has 62 valence electrons. The molecule has 0 aliphatic carbocycles. The van der Waals surface area contributed by atoms with Crippen molar-refractivity contribution in [2.24, 2.45) is 10.4 Å². The zero-order valence-electron chi connectivity index (χ0n) is 6.11. The Balaban J connectivity index is 3.90. The summed E-state index contributed by atoms with van der Waals surface area (Å²) in [5.41, 5.74) is 0. The molecule has 0 aromatic rings. The van der Waals surface area contributed by atoms with Crippen molar-refractivity contribution in [1.29, 1.82) is 0 Å². The molecule has 1 N–H and O–H groups in total. The number of likely N-dealkylation sites (N-methyl/N-ethyl adjacent to an activating group) is 1. The van der Waals surface area contributed by atoms with E-state index in [9.17, 15) is 14.6 Å². The maximum Gasteiger partial charge on any atom is 0.250 e. The zero-order valence-corrected chi connectivity index (χ0v) is 6.11. The normalized spacial score (nSPS) is 11.7. The third-order valence-corrected chi connectivity index (χ3v) is 1.03. The van der Waals surface area contributed by atoms with E-state index in [1.165, 1.54) is 0 Å². The van der Waals surface area contributed by atoms with Gasteiger partial charge < -0.3 is 5.32 Å². The van der Waals surface area contributed by atoms with Gasteiger partial charge in [-0.15, -0.1) is 4.91 Å². The van der Waals surface area contributed by atoms with E-state index in [0.717, 1.165) is 0 Å². The Morgan fingerprint density at radius 3 is 2.55 bits per heavy atom. The molecule has 0 saturated heterocycles. The quantitative estimate of drug-likeness (QED) is 0.573.